The summed E-state index contributed by atoms with van der Waals surface area (Å²) in [4.78, 5) is 24.2. The van der Waals surface area contributed by atoms with Crippen LogP contribution in [0.15, 0.2) is 16.6 Å². The van der Waals surface area contributed by atoms with Crippen LogP contribution in [-0.4, -0.2) is 36.7 Å². The Bertz CT molecular complexity index is 585. The van der Waals surface area contributed by atoms with Gasteiger partial charge in [0.15, 0.2) is 0 Å². The van der Waals surface area contributed by atoms with E-state index in [-0.39, 0.29) is 0 Å². The molecule has 1 aromatic rings. The molecule has 1 amide bonds. The van der Waals surface area contributed by atoms with Gasteiger partial charge < -0.3 is 19.9 Å². The molecule has 126 valence electrons. The quantitative estimate of drug-likeness (QED) is 0.813. The molecule has 7 heteroatoms. The highest BCUT2D eigenvalue weighted by atomic mass is 79.9. The molecule has 23 heavy (non-hydrogen) atoms. The Labute approximate surface area is 143 Å². The van der Waals surface area contributed by atoms with E-state index in [2.05, 4.69) is 21.2 Å². The maximum atomic E-state index is 12.6. The zero-order valence-electron chi connectivity index (χ0n) is 13.1. The first-order valence-electron chi connectivity index (χ1n) is 7.41. The van der Waals surface area contributed by atoms with Gasteiger partial charge in [-0.1, -0.05) is 19.3 Å². The number of ether oxygens (including phenoxy) is 2. The van der Waals surface area contributed by atoms with E-state index in [9.17, 15) is 14.7 Å². The number of carbonyl (C=O) groups is 2. The monoisotopic (exact) mass is 385 g/mol. The fourth-order valence-corrected chi connectivity index (χ4v) is 3.39. The summed E-state index contributed by atoms with van der Waals surface area (Å²) in [5, 5.41) is 12.3. The minimum absolute atomic E-state index is 0.299. The smallest absolute Gasteiger partial charge is 0.329 e. The maximum absolute atomic E-state index is 12.6. The number of amides is 1. The zero-order chi connectivity index (χ0) is 17.0. The Hall–Kier alpha value is -1.76. The molecule has 0 radical (unpaired) electrons. The van der Waals surface area contributed by atoms with Crippen LogP contribution >= 0.6 is 15.9 Å². The summed E-state index contributed by atoms with van der Waals surface area (Å²) in [5.74, 6) is -0.537. The second kappa shape index (κ2) is 7.21. The van der Waals surface area contributed by atoms with Crippen LogP contribution in [0, 0.1) is 0 Å². The molecule has 0 heterocycles. The van der Waals surface area contributed by atoms with Crippen LogP contribution in [0.25, 0.3) is 0 Å². The summed E-state index contributed by atoms with van der Waals surface area (Å²) in [6.07, 6.45) is 3.46. The Balaban J connectivity index is 2.31. The molecule has 1 saturated carbocycles. The minimum atomic E-state index is -1.19. The molecule has 1 aromatic carbocycles. The van der Waals surface area contributed by atoms with Crippen LogP contribution in [0.4, 0.5) is 0 Å². The number of hydrogen-bond acceptors (Lipinski definition) is 4. The summed E-state index contributed by atoms with van der Waals surface area (Å²) in [5.41, 5.74) is -0.892. The first kappa shape index (κ1) is 17.6. The van der Waals surface area contributed by atoms with Gasteiger partial charge in [0.05, 0.1) is 14.2 Å². The van der Waals surface area contributed by atoms with Crippen molar-refractivity contribution in [2.45, 2.75) is 37.6 Å². The molecule has 1 aliphatic rings. The van der Waals surface area contributed by atoms with Crippen molar-refractivity contribution in [2.24, 2.45) is 0 Å². The highest BCUT2D eigenvalue weighted by Crippen LogP contribution is 2.36. The molecule has 0 spiro atoms. The van der Waals surface area contributed by atoms with Crippen LogP contribution in [0.1, 0.15) is 42.5 Å². The SMILES string of the molecule is COc1cc(C(=O)NC2(C(=O)O)CCCCC2)cc(OC)c1Br. The summed E-state index contributed by atoms with van der Waals surface area (Å²) in [6.45, 7) is 0. The first-order valence-corrected chi connectivity index (χ1v) is 8.20. The van der Waals surface area contributed by atoms with Gasteiger partial charge in [-0.25, -0.2) is 4.79 Å². The van der Waals surface area contributed by atoms with E-state index in [0.717, 1.165) is 19.3 Å². The fourth-order valence-electron chi connectivity index (χ4n) is 2.84. The van der Waals surface area contributed by atoms with Crippen LogP contribution < -0.4 is 14.8 Å². The topological polar surface area (TPSA) is 84.9 Å². The number of nitrogens with one attached hydrogen (secondary N) is 1. The van der Waals surface area contributed by atoms with Gasteiger partial charge in [0.25, 0.3) is 5.91 Å². The predicted molar refractivity (Wildman–Crippen MR) is 88.2 cm³/mol. The Morgan fingerprint density at radius 1 is 1.13 bits per heavy atom. The lowest BCUT2D eigenvalue weighted by atomic mass is 9.81. The summed E-state index contributed by atoms with van der Waals surface area (Å²) in [7, 11) is 2.97. The third-order valence-electron chi connectivity index (χ3n) is 4.18. The number of hydrogen-bond donors (Lipinski definition) is 2. The van der Waals surface area contributed by atoms with E-state index in [1.807, 2.05) is 0 Å². The molecule has 0 saturated heterocycles. The number of methoxy groups -OCH3 is 2. The van der Waals surface area contributed by atoms with Crippen LogP contribution in [-0.2, 0) is 4.79 Å². The molecule has 0 atom stereocenters. The number of halogens is 1. The van der Waals surface area contributed by atoms with Crippen LogP contribution in [0.5, 0.6) is 11.5 Å². The van der Waals surface area contributed by atoms with Gasteiger partial charge in [-0.3, -0.25) is 4.79 Å². The van der Waals surface area contributed by atoms with Crippen LogP contribution in [0.3, 0.4) is 0 Å². The Kier molecular flexibility index (Phi) is 5.51. The molecule has 2 N–H and O–H groups in total. The highest BCUT2D eigenvalue weighted by Gasteiger charge is 2.41. The van der Waals surface area contributed by atoms with E-state index >= 15 is 0 Å². The largest absolute Gasteiger partial charge is 0.495 e. The maximum Gasteiger partial charge on any atom is 0.329 e. The van der Waals surface area contributed by atoms with Crippen molar-refractivity contribution in [1.82, 2.24) is 5.32 Å². The van der Waals surface area contributed by atoms with Gasteiger partial charge in [0.1, 0.15) is 21.5 Å². The Morgan fingerprint density at radius 3 is 2.09 bits per heavy atom. The van der Waals surface area contributed by atoms with E-state index < -0.39 is 17.4 Å². The van der Waals surface area contributed by atoms with Crippen molar-refractivity contribution in [3.63, 3.8) is 0 Å². The molecule has 0 aliphatic heterocycles. The van der Waals surface area contributed by atoms with Crippen molar-refractivity contribution in [1.29, 1.82) is 0 Å². The summed E-state index contributed by atoms with van der Waals surface area (Å²) in [6, 6.07) is 3.11. The normalized spacial score (nSPS) is 16.5. The fraction of sp³-hybridized carbons (Fsp3) is 0.500. The van der Waals surface area contributed by atoms with E-state index in [4.69, 9.17) is 9.47 Å². The van der Waals surface area contributed by atoms with Crippen molar-refractivity contribution in [2.75, 3.05) is 14.2 Å². The van der Waals surface area contributed by atoms with Gasteiger partial charge >= 0.3 is 5.97 Å². The van der Waals surface area contributed by atoms with Crippen molar-refractivity contribution < 1.29 is 24.2 Å². The van der Waals surface area contributed by atoms with Crippen molar-refractivity contribution in [3.8, 4) is 11.5 Å². The highest BCUT2D eigenvalue weighted by molar-refractivity contribution is 9.10. The second-order valence-corrected chi connectivity index (χ2v) is 6.39. The molecule has 6 nitrogen and oxygen atoms in total. The predicted octanol–water partition coefficient (Wildman–Crippen LogP) is 2.98. The lowest BCUT2D eigenvalue weighted by molar-refractivity contribution is -0.145. The van der Waals surface area contributed by atoms with Gasteiger partial charge in [-0.15, -0.1) is 0 Å². The standard InChI is InChI=1S/C16H20BrNO5/c1-22-11-8-10(9-12(23-2)13(11)17)14(19)18-16(15(20)21)6-4-3-5-7-16/h8-9H,3-7H2,1-2H3,(H,18,19)(H,20,21). The van der Waals surface area contributed by atoms with E-state index in [0.29, 0.717) is 34.4 Å². The second-order valence-electron chi connectivity index (χ2n) is 5.60. The Morgan fingerprint density at radius 2 is 1.65 bits per heavy atom. The zero-order valence-corrected chi connectivity index (χ0v) is 14.7. The van der Waals surface area contributed by atoms with E-state index in [1.165, 1.54) is 14.2 Å². The molecule has 2 rings (SSSR count). The summed E-state index contributed by atoms with van der Waals surface area (Å²) >= 11 is 3.34. The molecule has 1 aliphatic carbocycles. The lowest BCUT2D eigenvalue weighted by Gasteiger charge is -2.34. The van der Waals surface area contributed by atoms with Crippen LogP contribution in [0.2, 0.25) is 0 Å². The molecular weight excluding hydrogens is 366 g/mol. The molecule has 1 fully saturated rings. The number of aliphatic carboxylic acids is 1. The number of carboxylic acids is 1. The average molecular weight is 386 g/mol. The number of carbonyl (C=O) groups excluding carboxylic acids is 1. The molecule has 0 bridgehead atoms. The lowest BCUT2D eigenvalue weighted by Crippen LogP contribution is -2.55. The molecule has 0 unspecified atom stereocenters. The molecular formula is C16H20BrNO5. The van der Waals surface area contributed by atoms with Crippen molar-refractivity contribution in [3.05, 3.63) is 22.2 Å². The number of carboxylic acid groups (broad SMARTS) is 1. The molecule has 0 aromatic heterocycles. The number of benzene rings is 1. The first-order chi connectivity index (χ1) is 10.9. The van der Waals surface area contributed by atoms with Gasteiger partial charge in [0, 0.05) is 5.56 Å². The third kappa shape index (κ3) is 3.60. The van der Waals surface area contributed by atoms with Crippen molar-refractivity contribution >= 4 is 27.8 Å². The summed E-state index contributed by atoms with van der Waals surface area (Å²) < 4.78 is 11.0. The van der Waals surface area contributed by atoms with Gasteiger partial charge in [0.2, 0.25) is 0 Å². The van der Waals surface area contributed by atoms with E-state index in [1.54, 1.807) is 12.1 Å². The third-order valence-corrected chi connectivity index (χ3v) is 4.96. The van der Waals surface area contributed by atoms with Gasteiger partial charge in [-0.2, -0.15) is 0 Å². The average Bonchev–Trinajstić information content (AvgIpc) is 2.55. The minimum Gasteiger partial charge on any atom is -0.495 e. The van der Waals surface area contributed by atoms with Gasteiger partial charge in [-0.05, 0) is 40.9 Å². The number of rotatable bonds is 5.